The van der Waals surface area contributed by atoms with Crippen LogP contribution in [0, 0.1) is 12.7 Å². The van der Waals surface area contributed by atoms with Crippen molar-refractivity contribution in [1.82, 2.24) is 4.90 Å². The Bertz CT molecular complexity index is 420. The molecule has 1 N–H and O–H groups in total. The van der Waals surface area contributed by atoms with E-state index < -0.39 is 5.97 Å². The molecule has 0 heterocycles. The Kier molecular flexibility index (Phi) is 5.28. The van der Waals surface area contributed by atoms with E-state index in [9.17, 15) is 9.18 Å². The van der Waals surface area contributed by atoms with E-state index in [4.69, 9.17) is 5.11 Å². The molecule has 0 spiro atoms. The summed E-state index contributed by atoms with van der Waals surface area (Å²) in [4.78, 5) is 12.6. The lowest BCUT2D eigenvalue weighted by molar-refractivity contribution is -0.139. The molecule has 0 aliphatic carbocycles. The van der Waals surface area contributed by atoms with E-state index >= 15 is 0 Å². The molecule has 0 aliphatic rings. The predicted octanol–water partition coefficient (Wildman–Crippen LogP) is 2.82. The first-order valence-corrected chi connectivity index (χ1v) is 6.15. The quantitative estimate of drug-likeness (QED) is 0.847. The molecule has 0 aromatic heterocycles. The van der Waals surface area contributed by atoms with E-state index in [1.807, 2.05) is 20.8 Å². The van der Waals surface area contributed by atoms with E-state index in [-0.39, 0.29) is 18.4 Å². The Balaban J connectivity index is 2.88. The fraction of sp³-hybridized carbons (Fsp3) is 0.500. The van der Waals surface area contributed by atoms with Crippen LogP contribution in [0.15, 0.2) is 18.2 Å². The molecular weight excluding hydrogens is 233 g/mol. The van der Waals surface area contributed by atoms with Crippen molar-refractivity contribution in [3.05, 3.63) is 35.1 Å². The molecule has 0 radical (unpaired) electrons. The maximum atomic E-state index is 13.7. The average molecular weight is 253 g/mol. The summed E-state index contributed by atoms with van der Waals surface area (Å²) in [5.74, 6) is -1.16. The highest BCUT2D eigenvalue weighted by atomic mass is 19.1. The number of hydrogen-bond donors (Lipinski definition) is 1. The Morgan fingerprint density at radius 3 is 2.72 bits per heavy atom. The van der Waals surface area contributed by atoms with Crippen molar-refractivity contribution in [2.45, 2.75) is 39.8 Å². The molecule has 4 heteroatoms. The monoisotopic (exact) mass is 253 g/mol. The van der Waals surface area contributed by atoms with Crippen molar-refractivity contribution in [2.24, 2.45) is 0 Å². The SMILES string of the molecule is CCC(C)N(CC(=O)O)Cc1cc(C)ccc1F. The molecule has 1 aromatic rings. The number of aliphatic carboxylic acids is 1. The zero-order chi connectivity index (χ0) is 13.7. The van der Waals surface area contributed by atoms with Crippen LogP contribution in [0.2, 0.25) is 0 Å². The van der Waals surface area contributed by atoms with Gasteiger partial charge in [-0.3, -0.25) is 9.69 Å². The van der Waals surface area contributed by atoms with Gasteiger partial charge in [0.1, 0.15) is 5.82 Å². The molecule has 1 atom stereocenters. The maximum absolute atomic E-state index is 13.7. The second kappa shape index (κ2) is 6.50. The summed E-state index contributed by atoms with van der Waals surface area (Å²) < 4.78 is 13.7. The Labute approximate surface area is 107 Å². The van der Waals surface area contributed by atoms with Gasteiger partial charge in [0.05, 0.1) is 6.54 Å². The van der Waals surface area contributed by atoms with Gasteiger partial charge in [0.15, 0.2) is 0 Å². The lowest BCUT2D eigenvalue weighted by Gasteiger charge is -2.26. The van der Waals surface area contributed by atoms with Gasteiger partial charge < -0.3 is 5.11 Å². The van der Waals surface area contributed by atoms with E-state index in [0.717, 1.165) is 12.0 Å². The minimum atomic E-state index is -0.886. The molecule has 1 rings (SSSR count). The summed E-state index contributed by atoms with van der Waals surface area (Å²) in [7, 11) is 0. The third-order valence-electron chi connectivity index (χ3n) is 3.13. The third-order valence-corrected chi connectivity index (χ3v) is 3.13. The Hall–Kier alpha value is -1.42. The van der Waals surface area contributed by atoms with E-state index in [1.165, 1.54) is 6.07 Å². The maximum Gasteiger partial charge on any atom is 0.317 e. The van der Waals surface area contributed by atoms with E-state index in [2.05, 4.69) is 0 Å². The number of halogens is 1. The topological polar surface area (TPSA) is 40.5 Å². The molecule has 1 unspecified atom stereocenters. The molecule has 0 fully saturated rings. The molecule has 0 amide bonds. The molecule has 0 saturated heterocycles. The van der Waals surface area contributed by atoms with E-state index in [0.29, 0.717) is 12.1 Å². The van der Waals surface area contributed by atoms with Crippen LogP contribution in [0.1, 0.15) is 31.4 Å². The molecule has 18 heavy (non-hydrogen) atoms. The molecule has 3 nitrogen and oxygen atoms in total. The zero-order valence-electron chi connectivity index (χ0n) is 11.1. The number of rotatable bonds is 6. The Morgan fingerprint density at radius 2 is 2.17 bits per heavy atom. The molecule has 0 bridgehead atoms. The summed E-state index contributed by atoms with van der Waals surface area (Å²) in [5.41, 5.74) is 1.53. The van der Waals surface area contributed by atoms with Gasteiger partial charge in [-0.15, -0.1) is 0 Å². The van der Waals surface area contributed by atoms with Crippen molar-refractivity contribution < 1.29 is 14.3 Å². The smallest absolute Gasteiger partial charge is 0.317 e. The van der Waals surface area contributed by atoms with Gasteiger partial charge in [-0.1, -0.05) is 24.6 Å². The first-order chi connectivity index (χ1) is 8.43. The summed E-state index contributed by atoms with van der Waals surface area (Å²) in [5, 5.41) is 8.89. The fourth-order valence-electron chi connectivity index (χ4n) is 1.84. The van der Waals surface area contributed by atoms with Gasteiger partial charge in [-0.25, -0.2) is 4.39 Å². The van der Waals surface area contributed by atoms with Gasteiger partial charge in [-0.2, -0.15) is 0 Å². The lowest BCUT2D eigenvalue weighted by atomic mass is 10.1. The highest BCUT2D eigenvalue weighted by Gasteiger charge is 2.17. The lowest BCUT2D eigenvalue weighted by Crippen LogP contribution is -2.36. The summed E-state index contributed by atoms with van der Waals surface area (Å²) >= 11 is 0. The second-order valence-electron chi connectivity index (χ2n) is 4.65. The normalized spacial score (nSPS) is 12.7. The van der Waals surface area contributed by atoms with Gasteiger partial charge in [0, 0.05) is 18.2 Å². The van der Waals surface area contributed by atoms with Crippen LogP contribution in [0.25, 0.3) is 0 Å². The molecular formula is C14H20FNO2. The molecule has 0 aliphatic heterocycles. The first kappa shape index (κ1) is 14.6. The summed E-state index contributed by atoms with van der Waals surface area (Å²) in [6.07, 6.45) is 0.834. The first-order valence-electron chi connectivity index (χ1n) is 6.15. The minimum absolute atomic E-state index is 0.0671. The fourth-order valence-corrected chi connectivity index (χ4v) is 1.84. The van der Waals surface area contributed by atoms with Crippen LogP contribution < -0.4 is 0 Å². The van der Waals surface area contributed by atoms with Crippen molar-refractivity contribution in [3.8, 4) is 0 Å². The van der Waals surface area contributed by atoms with Crippen LogP contribution in [-0.4, -0.2) is 28.6 Å². The summed E-state index contributed by atoms with van der Waals surface area (Å²) in [6, 6.07) is 5.03. The number of nitrogens with zero attached hydrogens (tertiary/aromatic N) is 1. The number of hydrogen-bond acceptors (Lipinski definition) is 2. The van der Waals surface area contributed by atoms with Gasteiger partial charge in [0.2, 0.25) is 0 Å². The Morgan fingerprint density at radius 1 is 1.50 bits per heavy atom. The molecule has 0 saturated carbocycles. The third kappa shape index (κ3) is 4.11. The molecule has 100 valence electrons. The van der Waals surface area contributed by atoms with Crippen LogP contribution in [-0.2, 0) is 11.3 Å². The highest BCUT2D eigenvalue weighted by Crippen LogP contribution is 2.15. The average Bonchev–Trinajstić information content (AvgIpc) is 2.31. The highest BCUT2D eigenvalue weighted by molar-refractivity contribution is 5.69. The standard InChI is InChI=1S/C14H20FNO2/c1-4-11(3)16(9-14(17)18)8-12-7-10(2)5-6-13(12)15/h5-7,11H,4,8-9H2,1-3H3,(H,17,18). The van der Waals surface area contributed by atoms with Gasteiger partial charge in [0.25, 0.3) is 0 Å². The van der Waals surface area contributed by atoms with Crippen LogP contribution in [0.5, 0.6) is 0 Å². The van der Waals surface area contributed by atoms with Gasteiger partial charge in [-0.05, 0) is 26.3 Å². The van der Waals surface area contributed by atoms with Crippen molar-refractivity contribution in [3.63, 3.8) is 0 Å². The number of benzene rings is 1. The summed E-state index contributed by atoms with van der Waals surface area (Å²) in [6.45, 7) is 6.10. The largest absolute Gasteiger partial charge is 0.480 e. The zero-order valence-corrected chi connectivity index (χ0v) is 11.1. The number of carboxylic acid groups (broad SMARTS) is 1. The van der Waals surface area contributed by atoms with Gasteiger partial charge >= 0.3 is 5.97 Å². The van der Waals surface area contributed by atoms with Crippen molar-refractivity contribution in [1.29, 1.82) is 0 Å². The minimum Gasteiger partial charge on any atom is -0.480 e. The van der Waals surface area contributed by atoms with Crippen molar-refractivity contribution >= 4 is 5.97 Å². The predicted molar refractivity (Wildman–Crippen MR) is 68.9 cm³/mol. The van der Waals surface area contributed by atoms with Crippen LogP contribution in [0.3, 0.4) is 0 Å². The number of aryl methyl sites for hydroxylation is 1. The molecule has 1 aromatic carbocycles. The number of carboxylic acids is 1. The van der Waals surface area contributed by atoms with Crippen molar-refractivity contribution in [2.75, 3.05) is 6.54 Å². The van der Waals surface area contributed by atoms with E-state index in [1.54, 1.807) is 17.0 Å². The number of carbonyl (C=O) groups is 1. The van der Waals surface area contributed by atoms with Crippen LogP contribution in [0.4, 0.5) is 4.39 Å². The van der Waals surface area contributed by atoms with Crippen LogP contribution >= 0.6 is 0 Å². The second-order valence-corrected chi connectivity index (χ2v) is 4.65.